The summed E-state index contributed by atoms with van der Waals surface area (Å²) >= 11 is 0. The zero-order valence-electron chi connectivity index (χ0n) is 7.02. The Bertz CT molecular complexity index is 229. The van der Waals surface area contributed by atoms with Crippen molar-refractivity contribution in [2.45, 2.75) is 27.7 Å². The van der Waals surface area contributed by atoms with Crippen LogP contribution in [0.5, 0.6) is 0 Å². The molecule has 0 fully saturated rings. The summed E-state index contributed by atoms with van der Waals surface area (Å²) in [5, 5.41) is 0. The van der Waals surface area contributed by atoms with E-state index in [0.29, 0.717) is 0 Å². The van der Waals surface area contributed by atoms with E-state index in [9.17, 15) is 0 Å². The van der Waals surface area contributed by atoms with Gasteiger partial charge in [-0.3, -0.25) is 0 Å². The van der Waals surface area contributed by atoms with E-state index in [4.69, 9.17) is 0 Å². The molecule has 0 aliphatic rings. The van der Waals surface area contributed by atoms with Crippen molar-refractivity contribution in [3.8, 4) is 0 Å². The number of nitrogens with zero attached hydrogens (tertiary/aromatic N) is 1. The Morgan fingerprint density at radius 2 is 1.60 bits per heavy atom. The molecule has 0 spiro atoms. The monoisotopic (exact) mass is 133 g/mol. The van der Waals surface area contributed by atoms with Gasteiger partial charge in [0.25, 0.3) is 0 Å². The first kappa shape index (κ1) is 7.45. The van der Waals surface area contributed by atoms with Gasteiger partial charge in [-0.05, 0) is 0 Å². The van der Waals surface area contributed by atoms with Crippen LogP contribution >= 0.6 is 0 Å². The summed E-state index contributed by atoms with van der Waals surface area (Å²) in [6, 6.07) is 0. The van der Waals surface area contributed by atoms with Gasteiger partial charge >= 0.3 is 61.9 Å². The van der Waals surface area contributed by atoms with Crippen molar-refractivity contribution in [3.63, 3.8) is 0 Å². The van der Waals surface area contributed by atoms with Crippen LogP contribution in [0, 0.1) is 27.7 Å². The second-order valence-electron chi connectivity index (χ2n) is 2.78. The summed E-state index contributed by atoms with van der Waals surface area (Å²) in [6.45, 7) is 8.39. The Labute approximate surface area is 62.7 Å². The average molecular weight is 133 g/mol. The van der Waals surface area contributed by atoms with E-state index < -0.39 is 0 Å². The third-order valence-corrected chi connectivity index (χ3v) is 2.15. The first-order chi connectivity index (χ1) is 4.63. The Balaban J connectivity index is 3.34. The molecule has 1 aromatic rings. The van der Waals surface area contributed by atoms with Crippen molar-refractivity contribution in [2.75, 3.05) is 0 Å². The van der Waals surface area contributed by atoms with Gasteiger partial charge in [0.2, 0.25) is 0 Å². The van der Waals surface area contributed by atoms with E-state index in [2.05, 4.69) is 25.7 Å². The van der Waals surface area contributed by atoms with E-state index in [-0.39, 0.29) is 0 Å². The van der Waals surface area contributed by atoms with Gasteiger partial charge in [0, 0.05) is 0 Å². The van der Waals surface area contributed by atoms with Crippen LogP contribution in [0.25, 0.3) is 0 Å². The molecule has 1 rings (SSSR count). The fourth-order valence-electron chi connectivity index (χ4n) is 0.954. The van der Waals surface area contributed by atoms with E-state index >= 15 is 0 Å². The summed E-state index contributed by atoms with van der Waals surface area (Å²) in [7, 11) is 1.93. The summed E-state index contributed by atoms with van der Waals surface area (Å²) in [5.74, 6) is 0. The van der Waals surface area contributed by atoms with Crippen LogP contribution in [0.1, 0.15) is 22.3 Å². The molecule has 1 aromatic heterocycles. The van der Waals surface area contributed by atoms with Gasteiger partial charge in [-0.15, -0.1) is 0 Å². The quantitative estimate of drug-likeness (QED) is 0.524. The Hall–Kier alpha value is -0.655. The molecular formula is C8H12BN. The summed E-state index contributed by atoms with van der Waals surface area (Å²) in [5.41, 5.74) is 5.11. The van der Waals surface area contributed by atoms with Gasteiger partial charge in [-0.1, -0.05) is 0 Å². The zero-order chi connectivity index (χ0) is 7.72. The van der Waals surface area contributed by atoms with Crippen molar-refractivity contribution < 1.29 is 0 Å². The van der Waals surface area contributed by atoms with Crippen LogP contribution in [-0.2, 0) is 0 Å². The topological polar surface area (TPSA) is 12.9 Å². The van der Waals surface area contributed by atoms with Crippen LogP contribution in [0.15, 0.2) is 0 Å². The molecule has 0 aliphatic carbocycles. The van der Waals surface area contributed by atoms with Crippen molar-refractivity contribution in [3.05, 3.63) is 22.3 Å². The van der Waals surface area contributed by atoms with Gasteiger partial charge in [0.15, 0.2) is 0 Å². The first-order valence-electron chi connectivity index (χ1n) is 3.52. The molecule has 0 amide bonds. The van der Waals surface area contributed by atoms with Crippen molar-refractivity contribution in [1.82, 2.24) is 4.89 Å². The third-order valence-electron chi connectivity index (χ3n) is 2.15. The molecule has 1 nitrogen and oxygen atoms in total. The van der Waals surface area contributed by atoms with Gasteiger partial charge < -0.3 is 0 Å². The number of hydrogen-bond donors (Lipinski definition) is 0. The predicted molar refractivity (Wildman–Crippen MR) is 44.5 cm³/mol. The molecule has 52 valence electrons. The fraction of sp³-hybridized carbons (Fsp3) is 0.500. The molecule has 0 radical (unpaired) electrons. The zero-order valence-corrected chi connectivity index (χ0v) is 7.02. The number of hydrogen-bond acceptors (Lipinski definition) is 1. The van der Waals surface area contributed by atoms with Crippen LogP contribution in [0.4, 0.5) is 0 Å². The average Bonchev–Trinajstić information content (AvgIpc) is 1.93. The van der Waals surface area contributed by atoms with Crippen LogP contribution in [0.2, 0.25) is 0 Å². The Kier molecular flexibility index (Phi) is 1.88. The molecule has 0 bridgehead atoms. The molecule has 10 heavy (non-hydrogen) atoms. The Morgan fingerprint density at radius 3 is 2.10 bits per heavy atom. The Morgan fingerprint density at radius 1 is 1.00 bits per heavy atom. The van der Waals surface area contributed by atoms with Gasteiger partial charge in [-0.25, -0.2) is 0 Å². The van der Waals surface area contributed by atoms with E-state index in [0.717, 1.165) is 5.69 Å². The van der Waals surface area contributed by atoms with Gasteiger partial charge in [0.1, 0.15) is 0 Å². The molecule has 0 unspecified atom stereocenters. The van der Waals surface area contributed by atoms with E-state index in [1.54, 1.807) is 0 Å². The molecule has 2 heteroatoms. The molecule has 0 atom stereocenters. The molecule has 0 saturated carbocycles. The maximum atomic E-state index is 4.24. The molecule has 0 aliphatic heterocycles. The molecule has 1 heterocycles. The molecular weight excluding hydrogens is 121 g/mol. The number of rotatable bonds is 0. The van der Waals surface area contributed by atoms with Gasteiger partial charge in [0.05, 0.1) is 0 Å². The standard InChI is InChI=1S/C8H12BN/c1-5-6(2)8(4)10-9-7(5)3/h1-4H3. The van der Waals surface area contributed by atoms with Crippen molar-refractivity contribution in [1.29, 1.82) is 0 Å². The van der Waals surface area contributed by atoms with Gasteiger partial charge in [-0.2, -0.15) is 0 Å². The summed E-state index contributed by atoms with van der Waals surface area (Å²) in [4.78, 5) is 4.24. The minimum absolute atomic E-state index is 1.14. The molecule has 0 aromatic carbocycles. The van der Waals surface area contributed by atoms with E-state index in [1.807, 2.05) is 14.0 Å². The third kappa shape index (κ3) is 1.11. The van der Waals surface area contributed by atoms with Crippen LogP contribution in [-0.4, -0.2) is 11.9 Å². The number of aryl methyl sites for hydroxylation is 2. The summed E-state index contributed by atoms with van der Waals surface area (Å²) in [6.07, 6.45) is 0. The van der Waals surface area contributed by atoms with E-state index in [1.165, 1.54) is 16.6 Å². The number of aromatic nitrogens is 1. The summed E-state index contributed by atoms with van der Waals surface area (Å²) < 4.78 is 0. The second kappa shape index (κ2) is 2.53. The fourth-order valence-corrected chi connectivity index (χ4v) is 0.954. The predicted octanol–water partition coefficient (Wildman–Crippen LogP) is 1.65. The van der Waals surface area contributed by atoms with Crippen LogP contribution < -0.4 is 0 Å². The maximum absolute atomic E-state index is 4.24. The SMILES string of the molecule is Cc1bnc(C)c(C)c1C. The second-order valence-corrected chi connectivity index (χ2v) is 2.78. The first-order valence-corrected chi connectivity index (χ1v) is 3.52. The van der Waals surface area contributed by atoms with Crippen LogP contribution in [0.3, 0.4) is 0 Å². The molecule has 0 saturated heterocycles. The minimum atomic E-state index is 1.14. The van der Waals surface area contributed by atoms with Crippen molar-refractivity contribution >= 4 is 7.05 Å². The normalized spacial score (nSPS) is 9.60. The van der Waals surface area contributed by atoms with Crippen molar-refractivity contribution in [2.24, 2.45) is 0 Å². The molecule has 0 N–H and O–H groups in total.